The van der Waals surface area contributed by atoms with Crippen LogP contribution in [0.5, 0.6) is 5.75 Å². The number of aromatic hydroxyl groups is 1. The van der Waals surface area contributed by atoms with Crippen LogP contribution in [-0.2, 0) is 20.8 Å². The molecule has 0 aromatic heterocycles. The second-order valence-electron chi connectivity index (χ2n) is 10.4. The number of hydrogen-bond acceptors (Lipinski definition) is 8. The number of nitrogens with two attached hydrogens (primary N) is 1. The number of benzene rings is 1. The zero-order valence-electron chi connectivity index (χ0n) is 19.9. The Balaban J connectivity index is 1.64. The fourth-order valence-corrected chi connectivity index (χ4v) is 6.81. The molecule has 3 unspecified atom stereocenters. The number of likely N-dealkylation sites (N-methyl/N-ethyl adjacent to an activating group) is 1. The molecule has 2 fully saturated rings. The van der Waals surface area contributed by atoms with Crippen molar-refractivity contribution in [1.82, 2.24) is 10.2 Å². The summed E-state index contributed by atoms with van der Waals surface area (Å²) < 4.78 is 0. The maximum Gasteiger partial charge on any atom is 0.255 e. The molecule has 3 aliphatic carbocycles. The minimum absolute atomic E-state index is 0.104. The topological polar surface area (TPSA) is 153 Å². The molecule has 6 N–H and O–H groups in total. The van der Waals surface area contributed by atoms with E-state index in [0.29, 0.717) is 12.8 Å². The van der Waals surface area contributed by atoms with Gasteiger partial charge in [-0.15, -0.1) is 0 Å². The van der Waals surface area contributed by atoms with Crippen LogP contribution in [0.2, 0.25) is 0 Å². The van der Waals surface area contributed by atoms with Crippen molar-refractivity contribution < 1.29 is 29.7 Å². The van der Waals surface area contributed by atoms with Crippen LogP contribution in [0.25, 0.3) is 5.76 Å². The van der Waals surface area contributed by atoms with E-state index in [4.69, 9.17) is 5.73 Å². The number of rotatable bonds is 3. The lowest BCUT2D eigenvalue weighted by atomic mass is 9.59. The second-order valence-corrected chi connectivity index (χ2v) is 10.4. The van der Waals surface area contributed by atoms with E-state index in [1.165, 1.54) is 0 Å². The maximum atomic E-state index is 13.8. The molecule has 35 heavy (non-hydrogen) atoms. The van der Waals surface area contributed by atoms with Gasteiger partial charge in [-0.3, -0.25) is 19.3 Å². The van der Waals surface area contributed by atoms with Gasteiger partial charge in [0, 0.05) is 5.57 Å². The van der Waals surface area contributed by atoms with Gasteiger partial charge in [0.1, 0.15) is 22.8 Å². The number of ketones is 2. The summed E-state index contributed by atoms with van der Waals surface area (Å²) in [7, 11) is 3.42. The fraction of sp³-hybridized carbons (Fsp3) is 0.500. The number of phenolic OH excluding ortho intramolecular Hbond substituents is 1. The van der Waals surface area contributed by atoms with Gasteiger partial charge >= 0.3 is 0 Å². The number of aliphatic hydroxyl groups excluding tert-OH is 2. The van der Waals surface area contributed by atoms with E-state index in [2.05, 4.69) is 5.32 Å². The predicted molar refractivity (Wildman–Crippen MR) is 128 cm³/mol. The Bertz CT molecular complexity index is 1190. The summed E-state index contributed by atoms with van der Waals surface area (Å²) in [6.07, 6.45) is 2.68. The summed E-state index contributed by atoms with van der Waals surface area (Å²) in [5.41, 5.74) is 7.15. The number of nitrogens with one attached hydrogen (secondary N) is 1. The van der Waals surface area contributed by atoms with Gasteiger partial charge in [0.15, 0.2) is 11.6 Å². The molecule has 0 radical (unpaired) electrons. The lowest BCUT2D eigenvalue weighted by Crippen LogP contribution is -2.55. The highest BCUT2D eigenvalue weighted by Crippen LogP contribution is 2.51. The first-order valence-corrected chi connectivity index (χ1v) is 12.1. The monoisotopic (exact) mass is 481 g/mol. The third-order valence-corrected chi connectivity index (χ3v) is 8.26. The molecule has 1 saturated heterocycles. The van der Waals surface area contributed by atoms with Crippen molar-refractivity contribution in [2.45, 2.75) is 37.6 Å². The normalized spacial score (nSPS) is 29.2. The Hall–Kier alpha value is -3.17. The number of carbonyl (C=O) groups excluding carboxylic acids is 3. The standard InChI is InChI=1S/C26H31N3O6/c1-29(2)21-15-10-12-9-14-13(11-5-7-28-8-6-11)3-4-16(30)18(14)22(31)17(12)23(32)19(15)24(33)20(25(21)34)26(27)35/h3-4,11-12,15,19,21,28,30-31,34H,5-10H2,1-2H3,(H2,27,35)/t12?,15?,19?,21-/m0/s1. The summed E-state index contributed by atoms with van der Waals surface area (Å²) in [6, 6.07) is 2.74. The number of allylic oxidation sites excluding steroid dienone is 1. The van der Waals surface area contributed by atoms with E-state index in [1.807, 2.05) is 6.07 Å². The van der Waals surface area contributed by atoms with Crippen LogP contribution in [0.1, 0.15) is 41.9 Å². The molecule has 9 heteroatoms. The first-order valence-electron chi connectivity index (χ1n) is 12.1. The summed E-state index contributed by atoms with van der Waals surface area (Å²) in [6.45, 7) is 1.78. The lowest BCUT2D eigenvalue weighted by molar-refractivity contribution is -0.136. The second kappa shape index (κ2) is 8.49. The number of amides is 1. The maximum absolute atomic E-state index is 13.8. The molecular formula is C26H31N3O6. The largest absolute Gasteiger partial charge is 0.510 e. The molecule has 186 valence electrons. The SMILES string of the molecule is CN(C)[C@@H]1C(O)=C(C(N)=O)C(=O)C2C(=O)C3=C(O)c4c(O)ccc(C5CCNCC5)c4CC3CC21. The number of piperidine rings is 1. The van der Waals surface area contributed by atoms with E-state index in [0.717, 1.165) is 37.1 Å². The van der Waals surface area contributed by atoms with Crippen LogP contribution >= 0.6 is 0 Å². The summed E-state index contributed by atoms with van der Waals surface area (Å²) >= 11 is 0. The Kier molecular flexibility index (Phi) is 5.72. The first-order chi connectivity index (χ1) is 16.6. The third-order valence-electron chi connectivity index (χ3n) is 8.26. The van der Waals surface area contributed by atoms with Crippen LogP contribution in [-0.4, -0.2) is 70.9 Å². The van der Waals surface area contributed by atoms with E-state index in [-0.39, 0.29) is 34.5 Å². The van der Waals surface area contributed by atoms with Crippen LogP contribution in [0.15, 0.2) is 29.0 Å². The number of fused-ring (bicyclic) bond motifs is 3. The van der Waals surface area contributed by atoms with E-state index < -0.39 is 46.7 Å². The molecule has 1 aliphatic heterocycles. The highest BCUT2D eigenvalue weighted by atomic mass is 16.3. The number of Topliss-reactive ketones (excluding diaryl/α,β-unsaturated/α-hetero) is 2. The van der Waals surface area contributed by atoms with Crippen LogP contribution < -0.4 is 11.1 Å². The van der Waals surface area contributed by atoms with Gasteiger partial charge in [0.05, 0.1) is 17.5 Å². The van der Waals surface area contributed by atoms with Crippen LogP contribution in [0.4, 0.5) is 0 Å². The highest BCUT2D eigenvalue weighted by Gasteiger charge is 2.55. The molecular weight excluding hydrogens is 450 g/mol. The molecule has 1 aromatic rings. The van der Waals surface area contributed by atoms with Gasteiger partial charge in [-0.2, -0.15) is 0 Å². The van der Waals surface area contributed by atoms with Crippen molar-refractivity contribution in [3.63, 3.8) is 0 Å². The smallest absolute Gasteiger partial charge is 0.255 e. The van der Waals surface area contributed by atoms with Crippen LogP contribution in [0.3, 0.4) is 0 Å². The third kappa shape index (κ3) is 3.48. The Morgan fingerprint density at radius 1 is 1.06 bits per heavy atom. The number of nitrogens with zero attached hydrogens (tertiary/aromatic N) is 1. The van der Waals surface area contributed by atoms with E-state index >= 15 is 0 Å². The molecule has 4 aliphatic rings. The Labute approximate surface area is 203 Å². The van der Waals surface area contributed by atoms with Crippen molar-refractivity contribution in [3.8, 4) is 5.75 Å². The molecule has 1 amide bonds. The van der Waals surface area contributed by atoms with Crippen molar-refractivity contribution in [1.29, 1.82) is 0 Å². The number of aliphatic hydroxyl groups is 2. The van der Waals surface area contributed by atoms with Crippen molar-refractivity contribution in [3.05, 3.63) is 45.7 Å². The quantitative estimate of drug-likeness (QED) is 0.320. The molecule has 1 heterocycles. The van der Waals surface area contributed by atoms with Crippen molar-refractivity contribution in [2.24, 2.45) is 23.5 Å². The number of primary amides is 1. The average Bonchev–Trinajstić information content (AvgIpc) is 2.78. The van der Waals surface area contributed by atoms with E-state index in [1.54, 1.807) is 25.1 Å². The zero-order chi connectivity index (χ0) is 25.2. The van der Waals surface area contributed by atoms with Gasteiger partial charge in [0.25, 0.3) is 5.91 Å². The van der Waals surface area contributed by atoms with Gasteiger partial charge < -0.3 is 26.4 Å². The fourth-order valence-electron chi connectivity index (χ4n) is 6.81. The minimum atomic E-state index is -1.23. The molecule has 1 saturated carbocycles. The highest BCUT2D eigenvalue weighted by molar-refractivity contribution is 6.28. The molecule has 4 atom stereocenters. The average molecular weight is 482 g/mol. The molecule has 0 spiro atoms. The number of carbonyl (C=O) groups is 3. The van der Waals surface area contributed by atoms with Gasteiger partial charge in [0.2, 0.25) is 0 Å². The van der Waals surface area contributed by atoms with Crippen molar-refractivity contribution >= 4 is 23.2 Å². The molecule has 5 rings (SSSR count). The molecule has 0 bridgehead atoms. The summed E-state index contributed by atoms with van der Waals surface area (Å²) in [5.74, 6) is -5.15. The molecule has 1 aromatic carbocycles. The van der Waals surface area contributed by atoms with Gasteiger partial charge in [-0.05, 0) is 87.8 Å². The minimum Gasteiger partial charge on any atom is -0.510 e. The van der Waals surface area contributed by atoms with Gasteiger partial charge in [-0.1, -0.05) is 6.07 Å². The lowest BCUT2D eigenvalue weighted by Gasteiger charge is -2.46. The first kappa shape index (κ1) is 23.6. The number of phenols is 1. The Morgan fingerprint density at radius 3 is 2.37 bits per heavy atom. The zero-order valence-corrected chi connectivity index (χ0v) is 19.9. The summed E-state index contributed by atoms with van der Waals surface area (Å²) in [4.78, 5) is 40.7. The predicted octanol–water partition coefficient (Wildman–Crippen LogP) is 1.32. The molecule has 9 nitrogen and oxygen atoms in total. The van der Waals surface area contributed by atoms with Crippen LogP contribution in [0, 0.1) is 17.8 Å². The Morgan fingerprint density at radius 2 is 1.74 bits per heavy atom. The van der Waals surface area contributed by atoms with E-state index in [9.17, 15) is 29.7 Å². The van der Waals surface area contributed by atoms with Gasteiger partial charge in [-0.25, -0.2) is 0 Å². The summed E-state index contributed by atoms with van der Waals surface area (Å²) in [5, 5.41) is 36.2. The van der Waals surface area contributed by atoms with Crippen molar-refractivity contribution in [2.75, 3.05) is 27.2 Å². The number of hydrogen-bond donors (Lipinski definition) is 5.